The van der Waals surface area contributed by atoms with E-state index < -0.39 is 0 Å². The maximum atomic E-state index is 12.0. The van der Waals surface area contributed by atoms with Crippen LogP contribution in [0.25, 0.3) is 0 Å². The number of halogens is 1. The molecule has 17 heavy (non-hydrogen) atoms. The number of rotatable bonds is 5. The fraction of sp³-hybridized carbons (Fsp3) is 0.462. The third-order valence-electron chi connectivity index (χ3n) is 2.78. The number of benzene rings is 1. The second kappa shape index (κ2) is 5.92. The van der Waals surface area contributed by atoms with Crippen molar-refractivity contribution in [2.75, 3.05) is 14.2 Å². The lowest BCUT2D eigenvalue weighted by atomic mass is 9.97. The number of carbonyl (C=O) groups is 1. The molecule has 0 aliphatic rings. The van der Waals surface area contributed by atoms with Crippen molar-refractivity contribution in [2.24, 2.45) is 5.92 Å². The van der Waals surface area contributed by atoms with E-state index in [0.29, 0.717) is 22.1 Å². The quantitative estimate of drug-likeness (QED) is 0.756. The van der Waals surface area contributed by atoms with E-state index in [-0.39, 0.29) is 11.7 Å². The molecule has 0 aromatic heterocycles. The molecule has 0 aliphatic carbocycles. The molecule has 0 amide bonds. The zero-order valence-electron chi connectivity index (χ0n) is 10.5. The molecule has 0 aliphatic heterocycles. The minimum absolute atomic E-state index is 0.0239. The van der Waals surface area contributed by atoms with Crippen molar-refractivity contribution < 1.29 is 14.3 Å². The summed E-state index contributed by atoms with van der Waals surface area (Å²) in [4.78, 5) is 12.0. The summed E-state index contributed by atoms with van der Waals surface area (Å²) in [6.07, 6.45) is 0.796. The van der Waals surface area contributed by atoms with Crippen LogP contribution in [0.3, 0.4) is 0 Å². The smallest absolute Gasteiger partial charge is 0.179 e. The Morgan fingerprint density at radius 1 is 1.35 bits per heavy atom. The van der Waals surface area contributed by atoms with Crippen LogP contribution in [0.5, 0.6) is 11.5 Å². The van der Waals surface area contributed by atoms with Crippen LogP contribution < -0.4 is 9.47 Å². The molecule has 1 atom stereocenters. The van der Waals surface area contributed by atoms with E-state index in [1.807, 2.05) is 13.8 Å². The monoisotopic (exact) mass is 256 g/mol. The molecule has 1 rings (SSSR count). The summed E-state index contributed by atoms with van der Waals surface area (Å²) in [5.74, 6) is 0.973. The maximum Gasteiger partial charge on any atom is 0.179 e. The molecule has 0 saturated heterocycles. The lowest BCUT2D eigenvalue weighted by Gasteiger charge is -2.13. The van der Waals surface area contributed by atoms with Gasteiger partial charge in [-0.05, 0) is 18.6 Å². The van der Waals surface area contributed by atoms with E-state index in [0.717, 1.165) is 6.42 Å². The Hall–Kier alpha value is -1.22. The van der Waals surface area contributed by atoms with Gasteiger partial charge in [-0.2, -0.15) is 0 Å². The van der Waals surface area contributed by atoms with Gasteiger partial charge in [0.25, 0.3) is 0 Å². The molecule has 94 valence electrons. The predicted molar refractivity (Wildman–Crippen MR) is 68.3 cm³/mol. The Balaban J connectivity index is 3.20. The summed E-state index contributed by atoms with van der Waals surface area (Å²) < 4.78 is 10.3. The highest BCUT2D eigenvalue weighted by Crippen LogP contribution is 2.36. The SMILES string of the molecule is CCC(C)C(=O)c1cc(Cl)c(OC)c(OC)c1. The van der Waals surface area contributed by atoms with Gasteiger partial charge in [0.15, 0.2) is 17.3 Å². The highest BCUT2D eigenvalue weighted by molar-refractivity contribution is 6.32. The van der Waals surface area contributed by atoms with Crippen LogP contribution in [0, 0.1) is 5.92 Å². The van der Waals surface area contributed by atoms with Crippen LogP contribution >= 0.6 is 11.6 Å². The van der Waals surface area contributed by atoms with Gasteiger partial charge in [-0.15, -0.1) is 0 Å². The standard InChI is InChI=1S/C13H17ClO3/c1-5-8(2)12(15)9-6-10(14)13(17-4)11(7-9)16-3/h6-8H,5H2,1-4H3. The van der Waals surface area contributed by atoms with Crippen LogP contribution in [0.4, 0.5) is 0 Å². The number of hydrogen-bond acceptors (Lipinski definition) is 3. The van der Waals surface area contributed by atoms with Gasteiger partial charge in [0.1, 0.15) is 0 Å². The van der Waals surface area contributed by atoms with Gasteiger partial charge in [0.2, 0.25) is 0 Å². The van der Waals surface area contributed by atoms with Crippen molar-refractivity contribution >= 4 is 17.4 Å². The average molecular weight is 257 g/mol. The van der Waals surface area contributed by atoms with Crippen molar-refractivity contribution in [3.8, 4) is 11.5 Å². The van der Waals surface area contributed by atoms with Crippen molar-refractivity contribution in [1.82, 2.24) is 0 Å². The molecule has 1 unspecified atom stereocenters. The predicted octanol–water partition coefficient (Wildman–Crippen LogP) is 3.59. The summed E-state index contributed by atoms with van der Waals surface area (Å²) >= 11 is 6.05. The molecule has 0 heterocycles. The van der Waals surface area contributed by atoms with Gasteiger partial charge >= 0.3 is 0 Å². The Labute approximate surface area is 107 Å². The van der Waals surface area contributed by atoms with E-state index >= 15 is 0 Å². The third kappa shape index (κ3) is 2.91. The zero-order valence-corrected chi connectivity index (χ0v) is 11.3. The number of Topliss-reactive ketones (excluding diaryl/α,β-unsaturated/α-hetero) is 1. The van der Waals surface area contributed by atoms with Gasteiger partial charge in [-0.25, -0.2) is 0 Å². The van der Waals surface area contributed by atoms with Crippen LogP contribution in [0.15, 0.2) is 12.1 Å². The third-order valence-corrected chi connectivity index (χ3v) is 3.06. The summed E-state index contributed by atoms with van der Waals surface area (Å²) in [6.45, 7) is 3.87. The lowest BCUT2D eigenvalue weighted by molar-refractivity contribution is 0.0927. The lowest BCUT2D eigenvalue weighted by Crippen LogP contribution is -2.10. The fourth-order valence-electron chi connectivity index (χ4n) is 1.53. The van der Waals surface area contributed by atoms with Crippen LogP contribution in [-0.4, -0.2) is 20.0 Å². The first kappa shape index (κ1) is 13.8. The van der Waals surface area contributed by atoms with Crippen LogP contribution in [0.2, 0.25) is 5.02 Å². The molecule has 0 radical (unpaired) electrons. The Bertz CT molecular complexity index is 415. The largest absolute Gasteiger partial charge is 0.493 e. The minimum Gasteiger partial charge on any atom is -0.493 e. The summed E-state index contributed by atoms with van der Waals surface area (Å²) in [6, 6.07) is 3.29. The molecular formula is C13H17ClO3. The Kier molecular flexibility index (Phi) is 4.82. The van der Waals surface area contributed by atoms with Gasteiger partial charge in [-0.3, -0.25) is 4.79 Å². The number of hydrogen-bond donors (Lipinski definition) is 0. The summed E-state index contributed by atoms with van der Waals surface area (Å²) in [7, 11) is 3.03. The maximum absolute atomic E-state index is 12.0. The molecule has 0 saturated carbocycles. The Morgan fingerprint density at radius 2 is 2.00 bits per heavy atom. The molecule has 0 fully saturated rings. The Morgan fingerprint density at radius 3 is 2.47 bits per heavy atom. The molecule has 0 bridgehead atoms. The highest BCUT2D eigenvalue weighted by atomic mass is 35.5. The second-order valence-electron chi connectivity index (χ2n) is 3.87. The van der Waals surface area contributed by atoms with Crippen molar-refractivity contribution in [3.05, 3.63) is 22.7 Å². The highest BCUT2D eigenvalue weighted by Gasteiger charge is 2.18. The van der Waals surface area contributed by atoms with Crippen molar-refractivity contribution in [3.63, 3.8) is 0 Å². The number of ketones is 1. The first-order valence-corrected chi connectivity index (χ1v) is 5.88. The average Bonchev–Trinajstić information content (AvgIpc) is 2.35. The second-order valence-corrected chi connectivity index (χ2v) is 4.27. The van der Waals surface area contributed by atoms with Gasteiger partial charge in [-0.1, -0.05) is 25.4 Å². The van der Waals surface area contributed by atoms with Crippen molar-refractivity contribution in [1.29, 1.82) is 0 Å². The molecule has 0 N–H and O–H groups in total. The van der Waals surface area contributed by atoms with Crippen molar-refractivity contribution in [2.45, 2.75) is 20.3 Å². The number of carbonyl (C=O) groups excluding carboxylic acids is 1. The van der Waals surface area contributed by atoms with E-state index in [1.54, 1.807) is 12.1 Å². The van der Waals surface area contributed by atoms with Gasteiger partial charge in [0.05, 0.1) is 19.2 Å². The van der Waals surface area contributed by atoms with E-state index in [9.17, 15) is 4.79 Å². The van der Waals surface area contributed by atoms with Gasteiger partial charge in [0, 0.05) is 11.5 Å². The molecular weight excluding hydrogens is 240 g/mol. The van der Waals surface area contributed by atoms with E-state index in [4.69, 9.17) is 21.1 Å². The normalized spacial score (nSPS) is 12.1. The molecule has 0 spiro atoms. The molecule has 3 nitrogen and oxygen atoms in total. The molecule has 4 heteroatoms. The topological polar surface area (TPSA) is 35.5 Å². The minimum atomic E-state index is -0.0239. The summed E-state index contributed by atoms with van der Waals surface area (Å²) in [5, 5.41) is 0.388. The zero-order chi connectivity index (χ0) is 13.0. The van der Waals surface area contributed by atoms with E-state index in [1.165, 1.54) is 14.2 Å². The van der Waals surface area contributed by atoms with Crippen LogP contribution in [0.1, 0.15) is 30.6 Å². The first-order valence-electron chi connectivity index (χ1n) is 5.50. The molecule has 1 aromatic carbocycles. The summed E-state index contributed by atoms with van der Waals surface area (Å²) in [5.41, 5.74) is 0.557. The van der Waals surface area contributed by atoms with E-state index in [2.05, 4.69) is 0 Å². The number of methoxy groups -OCH3 is 2. The van der Waals surface area contributed by atoms with Gasteiger partial charge < -0.3 is 9.47 Å². The molecule has 1 aromatic rings. The fourth-order valence-corrected chi connectivity index (χ4v) is 1.82. The number of ether oxygens (including phenoxy) is 2. The first-order chi connectivity index (χ1) is 8.04. The van der Waals surface area contributed by atoms with Crippen LogP contribution in [-0.2, 0) is 0 Å².